The molecule has 42 heavy (non-hydrogen) atoms. The molecule has 0 bridgehead atoms. The van der Waals surface area contributed by atoms with Crippen LogP contribution in [0.1, 0.15) is 11.1 Å². The standard InChI is InChI=1S/C38H20N2O2/c39-21-23-13-24(22-40)15-27(14-23)30-17-28(25-9-11-33-31-5-1-3-7-35(31)41-37(33)19-25)16-29(18-30)26-10-12-34-32-6-2-4-8-36(32)42-38(34)20-26/h1-20H. The van der Waals surface area contributed by atoms with Crippen molar-refractivity contribution in [2.24, 2.45) is 0 Å². The maximum atomic E-state index is 9.63. The van der Waals surface area contributed by atoms with E-state index in [1.165, 1.54) is 0 Å². The monoisotopic (exact) mass is 536 g/mol. The van der Waals surface area contributed by atoms with Gasteiger partial charge in [-0.1, -0.05) is 48.5 Å². The van der Waals surface area contributed by atoms with Gasteiger partial charge in [0.15, 0.2) is 0 Å². The summed E-state index contributed by atoms with van der Waals surface area (Å²) in [5.74, 6) is 0. The zero-order valence-electron chi connectivity index (χ0n) is 22.3. The van der Waals surface area contributed by atoms with Crippen molar-refractivity contribution >= 4 is 43.9 Å². The van der Waals surface area contributed by atoms with E-state index < -0.39 is 0 Å². The molecule has 0 N–H and O–H groups in total. The molecular weight excluding hydrogens is 516 g/mol. The molecular formula is C38H20N2O2. The molecule has 0 atom stereocenters. The van der Waals surface area contributed by atoms with Crippen LogP contribution in [0.4, 0.5) is 0 Å². The third-order valence-corrected chi connectivity index (χ3v) is 7.88. The molecule has 0 aliphatic carbocycles. The highest BCUT2D eigenvalue weighted by Crippen LogP contribution is 2.38. The van der Waals surface area contributed by atoms with Crippen LogP contribution >= 0.6 is 0 Å². The summed E-state index contributed by atoms with van der Waals surface area (Å²) in [6, 6.07) is 44.7. The maximum absolute atomic E-state index is 9.63. The first kappa shape index (κ1) is 23.8. The molecule has 0 aliphatic rings. The van der Waals surface area contributed by atoms with E-state index in [1.54, 1.807) is 6.07 Å². The lowest BCUT2D eigenvalue weighted by Crippen LogP contribution is -1.88. The zero-order valence-corrected chi connectivity index (χ0v) is 22.3. The molecule has 0 amide bonds. The van der Waals surface area contributed by atoms with Crippen molar-refractivity contribution in [3.05, 3.63) is 132 Å². The lowest BCUT2D eigenvalue weighted by atomic mass is 9.91. The van der Waals surface area contributed by atoms with E-state index in [-0.39, 0.29) is 0 Å². The molecule has 194 valence electrons. The second-order valence-electron chi connectivity index (χ2n) is 10.4. The molecule has 0 spiro atoms. The fourth-order valence-corrected chi connectivity index (χ4v) is 5.86. The van der Waals surface area contributed by atoms with Gasteiger partial charge in [0.05, 0.1) is 23.3 Å². The highest BCUT2D eigenvalue weighted by Gasteiger charge is 2.14. The Morgan fingerprint density at radius 3 is 1.24 bits per heavy atom. The second kappa shape index (κ2) is 9.24. The summed E-state index contributed by atoms with van der Waals surface area (Å²) >= 11 is 0. The molecule has 0 saturated carbocycles. The number of rotatable bonds is 3. The van der Waals surface area contributed by atoms with Gasteiger partial charge in [0, 0.05) is 21.5 Å². The molecule has 0 fully saturated rings. The van der Waals surface area contributed by atoms with Crippen LogP contribution in [0.3, 0.4) is 0 Å². The summed E-state index contributed by atoms with van der Waals surface area (Å²) < 4.78 is 12.4. The first-order chi connectivity index (χ1) is 20.7. The van der Waals surface area contributed by atoms with Gasteiger partial charge >= 0.3 is 0 Å². The minimum absolute atomic E-state index is 0.448. The number of fused-ring (bicyclic) bond motifs is 6. The predicted molar refractivity (Wildman–Crippen MR) is 167 cm³/mol. The smallest absolute Gasteiger partial charge is 0.136 e. The minimum Gasteiger partial charge on any atom is -0.456 e. The topological polar surface area (TPSA) is 73.9 Å². The molecule has 2 heterocycles. The van der Waals surface area contributed by atoms with Crippen LogP contribution in [0.5, 0.6) is 0 Å². The van der Waals surface area contributed by atoms with Crippen molar-refractivity contribution < 1.29 is 8.83 Å². The Hall–Kier alpha value is -6.10. The van der Waals surface area contributed by atoms with Crippen molar-refractivity contribution in [1.29, 1.82) is 10.5 Å². The Bertz CT molecular complexity index is 2280. The maximum Gasteiger partial charge on any atom is 0.136 e. The number of benzene rings is 6. The van der Waals surface area contributed by atoms with E-state index in [9.17, 15) is 10.5 Å². The van der Waals surface area contributed by atoms with Gasteiger partial charge in [-0.3, -0.25) is 0 Å². The third kappa shape index (κ3) is 3.83. The SMILES string of the molecule is N#Cc1cc(C#N)cc(-c2cc(-c3ccc4c(c3)oc3ccccc34)cc(-c3ccc4c(c3)oc3ccccc34)c2)c1. The molecule has 0 unspecified atom stereocenters. The van der Waals surface area contributed by atoms with E-state index in [0.717, 1.165) is 77.3 Å². The quantitative estimate of drug-likeness (QED) is 0.225. The van der Waals surface area contributed by atoms with Crippen molar-refractivity contribution in [2.75, 3.05) is 0 Å². The van der Waals surface area contributed by atoms with Gasteiger partial charge in [0.1, 0.15) is 22.3 Å². The predicted octanol–water partition coefficient (Wildman–Crippen LogP) is 10.2. The van der Waals surface area contributed by atoms with Crippen LogP contribution in [-0.4, -0.2) is 0 Å². The summed E-state index contributed by atoms with van der Waals surface area (Å²) in [5, 5.41) is 23.6. The summed E-state index contributed by atoms with van der Waals surface area (Å²) in [6.45, 7) is 0. The van der Waals surface area contributed by atoms with Crippen molar-refractivity contribution in [3.8, 4) is 45.5 Å². The van der Waals surface area contributed by atoms with Gasteiger partial charge in [-0.2, -0.15) is 10.5 Å². The van der Waals surface area contributed by atoms with Crippen molar-refractivity contribution in [1.82, 2.24) is 0 Å². The zero-order chi connectivity index (χ0) is 28.2. The van der Waals surface area contributed by atoms with E-state index in [0.29, 0.717) is 11.1 Å². The second-order valence-corrected chi connectivity index (χ2v) is 10.4. The summed E-state index contributed by atoms with van der Waals surface area (Å²) in [5.41, 5.74) is 9.97. The third-order valence-electron chi connectivity index (χ3n) is 7.88. The van der Waals surface area contributed by atoms with Crippen LogP contribution in [0.2, 0.25) is 0 Å². The number of nitrogens with zero attached hydrogens (tertiary/aromatic N) is 2. The van der Waals surface area contributed by atoms with E-state index in [1.807, 2.05) is 48.5 Å². The Balaban J connectivity index is 1.35. The summed E-state index contributed by atoms with van der Waals surface area (Å²) in [7, 11) is 0. The van der Waals surface area contributed by atoms with Crippen LogP contribution < -0.4 is 0 Å². The first-order valence-electron chi connectivity index (χ1n) is 13.6. The van der Waals surface area contributed by atoms with E-state index >= 15 is 0 Å². The Morgan fingerprint density at radius 1 is 0.357 bits per heavy atom. The fraction of sp³-hybridized carbons (Fsp3) is 0. The summed E-state index contributed by atoms with van der Waals surface area (Å²) in [6.07, 6.45) is 0. The molecule has 0 radical (unpaired) electrons. The van der Waals surface area contributed by atoms with Gasteiger partial charge in [-0.05, 0) is 106 Å². The Morgan fingerprint density at radius 2 is 0.762 bits per heavy atom. The van der Waals surface area contributed by atoms with E-state index in [2.05, 4.69) is 78.9 Å². The minimum atomic E-state index is 0.448. The molecule has 8 rings (SSSR count). The fourth-order valence-electron chi connectivity index (χ4n) is 5.86. The van der Waals surface area contributed by atoms with Gasteiger partial charge < -0.3 is 8.83 Å². The van der Waals surface area contributed by atoms with Crippen LogP contribution in [-0.2, 0) is 0 Å². The first-order valence-corrected chi connectivity index (χ1v) is 13.6. The van der Waals surface area contributed by atoms with E-state index in [4.69, 9.17) is 8.83 Å². The van der Waals surface area contributed by atoms with Crippen LogP contribution in [0.25, 0.3) is 77.3 Å². The van der Waals surface area contributed by atoms with Gasteiger partial charge in [0.2, 0.25) is 0 Å². The van der Waals surface area contributed by atoms with Gasteiger partial charge in [-0.15, -0.1) is 0 Å². The number of hydrogen-bond donors (Lipinski definition) is 0. The largest absolute Gasteiger partial charge is 0.456 e. The number of hydrogen-bond acceptors (Lipinski definition) is 4. The van der Waals surface area contributed by atoms with Crippen LogP contribution in [0.15, 0.2) is 130 Å². The van der Waals surface area contributed by atoms with Gasteiger partial charge in [-0.25, -0.2) is 0 Å². The number of para-hydroxylation sites is 2. The molecule has 2 aromatic heterocycles. The highest BCUT2D eigenvalue weighted by molar-refractivity contribution is 6.07. The van der Waals surface area contributed by atoms with Crippen molar-refractivity contribution in [3.63, 3.8) is 0 Å². The number of furan rings is 2. The Kier molecular flexibility index (Phi) is 5.22. The molecule has 4 heteroatoms. The lowest BCUT2D eigenvalue weighted by Gasteiger charge is -2.12. The van der Waals surface area contributed by atoms with Gasteiger partial charge in [0.25, 0.3) is 0 Å². The molecule has 4 nitrogen and oxygen atoms in total. The molecule has 8 aromatic rings. The Labute approximate surface area is 240 Å². The summed E-state index contributed by atoms with van der Waals surface area (Å²) in [4.78, 5) is 0. The lowest BCUT2D eigenvalue weighted by molar-refractivity contribution is 0.668. The average molecular weight is 537 g/mol. The number of nitriles is 2. The average Bonchev–Trinajstić information content (AvgIpc) is 3.61. The molecule has 0 saturated heterocycles. The van der Waals surface area contributed by atoms with Crippen LogP contribution in [0, 0.1) is 22.7 Å². The normalized spacial score (nSPS) is 11.3. The molecule has 0 aliphatic heterocycles. The highest BCUT2D eigenvalue weighted by atomic mass is 16.3. The molecule has 6 aromatic carbocycles. The van der Waals surface area contributed by atoms with Crippen molar-refractivity contribution in [2.45, 2.75) is 0 Å².